The summed E-state index contributed by atoms with van der Waals surface area (Å²) in [5, 5.41) is 0. The summed E-state index contributed by atoms with van der Waals surface area (Å²) in [5.74, 6) is 0. The molecule has 4 rings (SSSR count). The second-order valence-electron chi connectivity index (χ2n) is 6.13. The Morgan fingerprint density at radius 1 is 0.926 bits per heavy atom. The van der Waals surface area contributed by atoms with Crippen molar-refractivity contribution >= 4 is 33.2 Å². The van der Waals surface area contributed by atoms with Crippen LogP contribution in [0.1, 0.15) is 6.42 Å². The molecular formula is C20H19N3O2S2. The van der Waals surface area contributed by atoms with Crippen molar-refractivity contribution in [3.8, 4) is 0 Å². The van der Waals surface area contributed by atoms with E-state index < -0.39 is 10.0 Å². The number of para-hydroxylation sites is 2. The van der Waals surface area contributed by atoms with E-state index in [2.05, 4.69) is 38.9 Å². The first-order chi connectivity index (χ1) is 13.1. The van der Waals surface area contributed by atoms with Crippen LogP contribution in [0, 0.1) is 0 Å². The number of rotatable bonds is 6. The van der Waals surface area contributed by atoms with Crippen LogP contribution in [0.2, 0.25) is 0 Å². The van der Waals surface area contributed by atoms with Crippen LogP contribution in [-0.2, 0) is 10.0 Å². The van der Waals surface area contributed by atoms with Crippen molar-refractivity contribution in [2.24, 2.45) is 0 Å². The van der Waals surface area contributed by atoms with E-state index >= 15 is 0 Å². The minimum absolute atomic E-state index is 0.190. The van der Waals surface area contributed by atoms with Crippen molar-refractivity contribution in [3.63, 3.8) is 0 Å². The van der Waals surface area contributed by atoms with Crippen molar-refractivity contribution in [2.45, 2.75) is 21.1 Å². The van der Waals surface area contributed by atoms with Gasteiger partial charge in [-0.1, -0.05) is 36.0 Å². The van der Waals surface area contributed by atoms with Crippen LogP contribution in [0.5, 0.6) is 0 Å². The second kappa shape index (κ2) is 7.72. The number of aromatic nitrogens is 1. The molecule has 1 aliphatic heterocycles. The molecule has 0 spiro atoms. The Balaban J connectivity index is 1.46. The minimum Gasteiger partial charge on any atom is -0.340 e. The molecule has 0 bridgehead atoms. The standard InChI is InChI=1S/C20H19N3O2S2/c24-27(25,16-7-5-12-21-15-16)22-13-6-14-23-17-8-1-3-10-19(17)26-20-11-4-2-9-18(20)23/h1-5,7-12,15,22H,6,13-14H2. The molecule has 2 aromatic carbocycles. The van der Waals surface area contributed by atoms with Gasteiger partial charge in [0.05, 0.1) is 11.4 Å². The fourth-order valence-electron chi connectivity index (χ4n) is 3.06. The van der Waals surface area contributed by atoms with Gasteiger partial charge in [-0.15, -0.1) is 0 Å². The number of anilines is 2. The maximum absolute atomic E-state index is 12.3. The largest absolute Gasteiger partial charge is 0.340 e. The summed E-state index contributed by atoms with van der Waals surface area (Å²) in [6, 6.07) is 19.8. The molecule has 138 valence electrons. The predicted octanol–water partition coefficient (Wildman–Crippen LogP) is 4.05. The van der Waals surface area contributed by atoms with Gasteiger partial charge in [-0.05, 0) is 42.8 Å². The molecular weight excluding hydrogens is 378 g/mol. The van der Waals surface area contributed by atoms with E-state index in [0.717, 1.165) is 17.9 Å². The monoisotopic (exact) mass is 397 g/mol. The average Bonchev–Trinajstić information content (AvgIpc) is 2.71. The number of hydrogen-bond donors (Lipinski definition) is 1. The van der Waals surface area contributed by atoms with Gasteiger partial charge in [0.25, 0.3) is 0 Å². The van der Waals surface area contributed by atoms with E-state index in [-0.39, 0.29) is 4.90 Å². The summed E-state index contributed by atoms with van der Waals surface area (Å²) in [6.07, 6.45) is 3.60. The third-order valence-corrected chi connectivity index (χ3v) is 6.90. The second-order valence-corrected chi connectivity index (χ2v) is 8.98. The van der Waals surface area contributed by atoms with Gasteiger partial charge in [-0.25, -0.2) is 13.1 Å². The Morgan fingerprint density at radius 2 is 1.59 bits per heavy atom. The van der Waals surface area contributed by atoms with Gasteiger partial charge in [-0.3, -0.25) is 4.98 Å². The van der Waals surface area contributed by atoms with E-state index in [1.54, 1.807) is 30.1 Å². The van der Waals surface area contributed by atoms with Crippen molar-refractivity contribution in [2.75, 3.05) is 18.0 Å². The van der Waals surface area contributed by atoms with E-state index in [9.17, 15) is 8.42 Å². The Labute approximate surface area is 163 Å². The first kappa shape index (κ1) is 18.0. The Kier molecular flexibility index (Phi) is 5.15. The molecule has 7 heteroatoms. The maximum atomic E-state index is 12.3. The predicted molar refractivity (Wildman–Crippen MR) is 108 cm³/mol. The first-order valence-electron chi connectivity index (χ1n) is 8.68. The SMILES string of the molecule is O=S(=O)(NCCCN1c2ccccc2Sc2ccccc21)c1cccnc1. The zero-order valence-corrected chi connectivity index (χ0v) is 16.2. The van der Waals surface area contributed by atoms with Crippen LogP contribution >= 0.6 is 11.8 Å². The highest BCUT2D eigenvalue weighted by Crippen LogP contribution is 2.47. The molecule has 0 unspecified atom stereocenters. The fourth-order valence-corrected chi connectivity index (χ4v) is 5.19. The summed E-state index contributed by atoms with van der Waals surface area (Å²) >= 11 is 1.77. The van der Waals surface area contributed by atoms with Crippen LogP contribution in [-0.4, -0.2) is 26.5 Å². The number of hydrogen-bond acceptors (Lipinski definition) is 5. The van der Waals surface area contributed by atoms with Gasteiger partial charge >= 0.3 is 0 Å². The van der Waals surface area contributed by atoms with E-state index in [1.165, 1.54) is 16.0 Å². The smallest absolute Gasteiger partial charge is 0.242 e. The van der Waals surface area contributed by atoms with E-state index in [1.807, 2.05) is 24.3 Å². The number of fused-ring (bicyclic) bond motifs is 2. The number of pyridine rings is 1. The molecule has 0 atom stereocenters. The van der Waals surface area contributed by atoms with Crippen LogP contribution in [0.25, 0.3) is 0 Å². The highest BCUT2D eigenvalue weighted by atomic mass is 32.2. The molecule has 5 nitrogen and oxygen atoms in total. The van der Waals surface area contributed by atoms with Crippen LogP contribution < -0.4 is 9.62 Å². The lowest BCUT2D eigenvalue weighted by Crippen LogP contribution is -2.29. The average molecular weight is 398 g/mol. The Hall–Kier alpha value is -2.35. The molecule has 0 radical (unpaired) electrons. The molecule has 3 aromatic rings. The number of sulfonamides is 1. The quantitative estimate of drug-likeness (QED) is 0.636. The summed E-state index contributed by atoms with van der Waals surface area (Å²) in [5.41, 5.74) is 2.33. The molecule has 2 heterocycles. The highest BCUT2D eigenvalue weighted by Gasteiger charge is 2.22. The van der Waals surface area contributed by atoms with Gasteiger partial charge in [0.15, 0.2) is 0 Å². The zero-order chi connectivity index (χ0) is 18.7. The molecule has 1 aliphatic rings. The van der Waals surface area contributed by atoms with Crippen molar-refractivity contribution in [1.29, 1.82) is 0 Å². The maximum Gasteiger partial charge on any atom is 0.242 e. The van der Waals surface area contributed by atoms with Crippen molar-refractivity contribution in [3.05, 3.63) is 73.1 Å². The van der Waals surface area contributed by atoms with Crippen LogP contribution in [0.4, 0.5) is 11.4 Å². The zero-order valence-electron chi connectivity index (χ0n) is 14.6. The van der Waals surface area contributed by atoms with Crippen LogP contribution in [0.15, 0.2) is 87.7 Å². The van der Waals surface area contributed by atoms with Crippen molar-refractivity contribution in [1.82, 2.24) is 9.71 Å². The normalized spacial score (nSPS) is 13.1. The lowest BCUT2D eigenvalue weighted by molar-refractivity contribution is 0.579. The van der Waals surface area contributed by atoms with Gasteiger partial charge in [-0.2, -0.15) is 0 Å². The molecule has 27 heavy (non-hydrogen) atoms. The fraction of sp³-hybridized carbons (Fsp3) is 0.150. The Morgan fingerprint density at radius 3 is 2.22 bits per heavy atom. The van der Waals surface area contributed by atoms with E-state index in [0.29, 0.717) is 13.0 Å². The molecule has 0 fully saturated rings. The number of benzene rings is 2. The third kappa shape index (κ3) is 3.85. The summed E-state index contributed by atoms with van der Waals surface area (Å²) < 4.78 is 27.3. The number of nitrogens with zero attached hydrogens (tertiary/aromatic N) is 2. The van der Waals surface area contributed by atoms with Gasteiger partial charge in [0.1, 0.15) is 4.90 Å². The summed E-state index contributed by atoms with van der Waals surface area (Å²) in [7, 11) is -3.52. The van der Waals surface area contributed by atoms with Gasteiger partial charge in [0.2, 0.25) is 10.0 Å². The lowest BCUT2D eigenvalue weighted by Gasteiger charge is -2.32. The molecule has 1 aromatic heterocycles. The molecule has 0 saturated heterocycles. The van der Waals surface area contributed by atoms with Crippen molar-refractivity contribution < 1.29 is 8.42 Å². The topological polar surface area (TPSA) is 62.3 Å². The molecule has 0 amide bonds. The van der Waals surface area contributed by atoms with Crippen LogP contribution in [0.3, 0.4) is 0 Å². The molecule has 0 aliphatic carbocycles. The molecule has 0 saturated carbocycles. The number of nitrogens with one attached hydrogen (secondary N) is 1. The lowest BCUT2D eigenvalue weighted by atomic mass is 10.2. The summed E-state index contributed by atoms with van der Waals surface area (Å²) in [6.45, 7) is 1.09. The highest BCUT2D eigenvalue weighted by molar-refractivity contribution is 7.99. The molecule has 1 N–H and O–H groups in total. The Bertz CT molecular complexity index is 994. The van der Waals surface area contributed by atoms with E-state index in [4.69, 9.17) is 0 Å². The van der Waals surface area contributed by atoms with Gasteiger partial charge in [0, 0.05) is 35.3 Å². The third-order valence-electron chi connectivity index (χ3n) is 4.33. The van der Waals surface area contributed by atoms with Gasteiger partial charge < -0.3 is 4.90 Å². The summed E-state index contributed by atoms with van der Waals surface area (Å²) in [4.78, 5) is 8.76. The minimum atomic E-state index is -3.52. The first-order valence-corrected chi connectivity index (χ1v) is 11.0.